The van der Waals surface area contributed by atoms with Crippen LogP contribution in [0.2, 0.25) is 0 Å². The Morgan fingerprint density at radius 3 is 2.55 bits per heavy atom. The first-order chi connectivity index (χ1) is 10.5. The van der Waals surface area contributed by atoms with Crippen LogP contribution in [0.25, 0.3) is 22.3 Å². The van der Waals surface area contributed by atoms with E-state index in [-0.39, 0.29) is 22.7 Å². The molecule has 3 aromatic rings. The van der Waals surface area contributed by atoms with Crippen LogP contribution in [0, 0.1) is 5.82 Å². The Labute approximate surface area is 126 Å². The maximum Gasteiger partial charge on any atom is 0.193 e. The third-order valence-corrected chi connectivity index (χ3v) is 3.63. The summed E-state index contributed by atoms with van der Waals surface area (Å²) in [5, 5.41) is 10.4. The standard InChI is InChI=1S/C18H15FO3/c1-10(2)13-5-3-11(7-15(13)20)17-9-16(21)14-6-4-12(19)8-18(14)22-17/h3-10,20H,1-2H3. The molecule has 0 amide bonds. The summed E-state index contributed by atoms with van der Waals surface area (Å²) in [4.78, 5) is 12.1. The average Bonchev–Trinajstić information content (AvgIpc) is 2.46. The minimum Gasteiger partial charge on any atom is -0.508 e. The Balaban J connectivity index is 2.18. The third kappa shape index (κ3) is 2.48. The van der Waals surface area contributed by atoms with Gasteiger partial charge in [-0.3, -0.25) is 4.79 Å². The zero-order chi connectivity index (χ0) is 15.9. The van der Waals surface area contributed by atoms with Gasteiger partial charge in [0.15, 0.2) is 5.43 Å². The highest BCUT2D eigenvalue weighted by Gasteiger charge is 2.11. The smallest absolute Gasteiger partial charge is 0.193 e. The Bertz CT molecular complexity index is 910. The minimum absolute atomic E-state index is 0.148. The molecule has 3 nitrogen and oxygen atoms in total. The van der Waals surface area contributed by atoms with Gasteiger partial charge in [-0.15, -0.1) is 0 Å². The van der Waals surface area contributed by atoms with Gasteiger partial charge in [-0.2, -0.15) is 0 Å². The van der Waals surface area contributed by atoms with E-state index >= 15 is 0 Å². The molecule has 22 heavy (non-hydrogen) atoms. The molecule has 0 aliphatic carbocycles. The van der Waals surface area contributed by atoms with Gasteiger partial charge in [-0.1, -0.05) is 26.0 Å². The van der Waals surface area contributed by atoms with Gasteiger partial charge >= 0.3 is 0 Å². The third-order valence-electron chi connectivity index (χ3n) is 3.63. The van der Waals surface area contributed by atoms with Gasteiger partial charge in [0, 0.05) is 17.7 Å². The summed E-state index contributed by atoms with van der Waals surface area (Å²) in [5.41, 5.74) is 1.33. The molecule has 4 heteroatoms. The van der Waals surface area contributed by atoms with Crippen LogP contribution in [0.4, 0.5) is 4.39 Å². The number of halogens is 1. The van der Waals surface area contributed by atoms with Crippen LogP contribution in [0.15, 0.2) is 51.7 Å². The maximum absolute atomic E-state index is 13.3. The Morgan fingerprint density at radius 2 is 1.86 bits per heavy atom. The number of hydrogen-bond donors (Lipinski definition) is 1. The molecule has 3 rings (SSSR count). The van der Waals surface area contributed by atoms with E-state index in [1.807, 2.05) is 13.8 Å². The fourth-order valence-electron chi connectivity index (χ4n) is 2.46. The number of benzene rings is 2. The van der Waals surface area contributed by atoms with Crippen molar-refractivity contribution in [3.63, 3.8) is 0 Å². The molecule has 112 valence electrons. The summed E-state index contributed by atoms with van der Waals surface area (Å²) < 4.78 is 18.9. The molecule has 0 aliphatic rings. The van der Waals surface area contributed by atoms with Gasteiger partial charge in [-0.05, 0) is 29.7 Å². The van der Waals surface area contributed by atoms with Crippen molar-refractivity contribution >= 4 is 11.0 Å². The molecular weight excluding hydrogens is 283 g/mol. The van der Waals surface area contributed by atoms with E-state index in [0.29, 0.717) is 16.7 Å². The second-order valence-electron chi connectivity index (χ2n) is 5.54. The molecule has 0 unspecified atom stereocenters. The molecule has 0 aliphatic heterocycles. The number of aromatic hydroxyl groups is 1. The predicted octanol–water partition coefficient (Wildman–Crippen LogP) is 4.43. The lowest BCUT2D eigenvalue weighted by molar-refractivity contribution is 0.465. The fourth-order valence-corrected chi connectivity index (χ4v) is 2.46. The summed E-state index contributed by atoms with van der Waals surface area (Å²) in [7, 11) is 0. The summed E-state index contributed by atoms with van der Waals surface area (Å²) in [6.45, 7) is 3.96. The van der Waals surface area contributed by atoms with E-state index in [0.717, 1.165) is 5.56 Å². The highest BCUT2D eigenvalue weighted by molar-refractivity contribution is 5.78. The zero-order valence-electron chi connectivity index (χ0n) is 12.3. The van der Waals surface area contributed by atoms with Crippen molar-refractivity contribution in [1.29, 1.82) is 0 Å². The van der Waals surface area contributed by atoms with E-state index < -0.39 is 5.82 Å². The molecule has 0 bridgehead atoms. The van der Waals surface area contributed by atoms with Crippen LogP contribution in [-0.4, -0.2) is 5.11 Å². The van der Waals surface area contributed by atoms with Crippen molar-refractivity contribution < 1.29 is 13.9 Å². The second-order valence-corrected chi connectivity index (χ2v) is 5.54. The monoisotopic (exact) mass is 298 g/mol. The molecule has 0 radical (unpaired) electrons. The normalized spacial score (nSPS) is 11.3. The van der Waals surface area contributed by atoms with Crippen molar-refractivity contribution in [2.75, 3.05) is 0 Å². The molecule has 2 aromatic carbocycles. The molecular formula is C18H15FO3. The first-order valence-corrected chi connectivity index (χ1v) is 7.02. The van der Waals surface area contributed by atoms with Gasteiger partial charge < -0.3 is 9.52 Å². The number of hydrogen-bond acceptors (Lipinski definition) is 3. The molecule has 0 fully saturated rings. The molecule has 1 N–H and O–H groups in total. The van der Waals surface area contributed by atoms with Crippen molar-refractivity contribution in [2.24, 2.45) is 0 Å². The highest BCUT2D eigenvalue weighted by Crippen LogP contribution is 2.31. The first kappa shape index (κ1) is 14.3. The van der Waals surface area contributed by atoms with Crippen LogP contribution in [-0.2, 0) is 0 Å². The number of phenolic OH excluding ortho intramolecular Hbond substituents is 1. The fraction of sp³-hybridized carbons (Fsp3) is 0.167. The molecule has 0 spiro atoms. The largest absolute Gasteiger partial charge is 0.508 e. The maximum atomic E-state index is 13.3. The lowest BCUT2D eigenvalue weighted by atomic mass is 9.99. The first-order valence-electron chi connectivity index (χ1n) is 7.02. The van der Waals surface area contributed by atoms with Crippen LogP contribution in [0.3, 0.4) is 0 Å². The minimum atomic E-state index is -0.467. The van der Waals surface area contributed by atoms with E-state index in [1.165, 1.54) is 24.3 Å². The van der Waals surface area contributed by atoms with Crippen molar-refractivity contribution in [3.8, 4) is 17.1 Å². The van der Waals surface area contributed by atoms with Gasteiger partial charge in [0.25, 0.3) is 0 Å². The SMILES string of the molecule is CC(C)c1ccc(-c2cc(=O)c3ccc(F)cc3o2)cc1O. The van der Waals surface area contributed by atoms with Gasteiger partial charge in [0.05, 0.1) is 5.39 Å². The van der Waals surface area contributed by atoms with Crippen LogP contribution in [0.5, 0.6) is 5.75 Å². The number of phenols is 1. The van der Waals surface area contributed by atoms with E-state index in [9.17, 15) is 14.3 Å². The van der Waals surface area contributed by atoms with Crippen LogP contribution in [0.1, 0.15) is 25.3 Å². The average molecular weight is 298 g/mol. The number of fused-ring (bicyclic) bond motifs is 1. The van der Waals surface area contributed by atoms with Crippen molar-refractivity contribution in [2.45, 2.75) is 19.8 Å². The highest BCUT2D eigenvalue weighted by atomic mass is 19.1. The van der Waals surface area contributed by atoms with E-state index in [4.69, 9.17) is 4.42 Å². The lowest BCUT2D eigenvalue weighted by Gasteiger charge is -2.10. The second kappa shape index (κ2) is 5.30. The molecule has 1 aromatic heterocycles. The quantitative estimate of drug-likeness (QED) is 0.761. The Hall–Kier alpha value is -2.62. The molecule has 1 heterocycles. The van der Waals surface area contributed by atoms with Crippen molar-refractivity contribution in [1.82, 2.24) is 0 Å². The zero-order valence-corrected chi connectivity index (χ0v) is 12.3. The summed E-state index contributed by atoms with van der Waals surface area (Å²) in [5.74, 6) is 0.167. The molecule has 0 saturated heterocycles. The van der Waals surface area contributed by atoms with Crippen molar-refractivity contribution in [3.05, 3.63) is 64.1 Å². The topological polar surface area (TPSA) is 50.4 Å². The summed E-state index contributed by atoms with van der Waals surface area (Å²) in [6, 6.07) is 10.3. The van der Waals surface area contributed by atoms with Gasteiger partial charge in [0.1, 0.15) is 22.9 Å². The Kier molecular flexibility index (Phi) is 3.45. The summed E-state index contributed by atoms with van der Waals surface area (Å²) in [6.07, 6.45) is 0. The summed E-state index contributed by atoms with van der Waals surface area (Å²) >= 11 is 0. The molecule has 0 saturated carbocycles. The number of rotatable bonds is 2. The van der Waals surface area contributed by atoms with E-state index in [1.54, 1.807) is 18.2 Å². The predicted molar refractivity (Wildman–Crippen MR) is 83.6 cm³/mol. The van der Waals surface area contributed by atoms with Crippen LogP contribution >= 0.6 is 0 Å². The van der Waals surface area contributed by atoms with E-state index in [2.05, 4.69) is 0 Å². The Morgan fingerprint density at radius 1 is 1.09 bits per heavy atom. The van der Waals surface area contributed by atoms with Gasteiger partial charge in [0.2, 0.25) is 0 Å². The van der Waals surface area contributed by atoms with Gasteiger partial charge in [-0.25, -0.2) is 4.39 Å². The molecule has 0 atom stereocenters. The van der Waals surface area contributed by atoms with Crippen LogP contribution < -0.4 is 5.43 Å². The lowest BCUT2D eigenvalue weighted by Crippen LogP contribution is -2.00.